The monoisotopic (exact) mass is 325 g/mol. The van der Waals surface area contributed by atoms with Crippen molar-refractivity contribution in [3.63, 3.8) is 0 Å². The van der Waals surface area contributed by atoms with E-state index in [0.29, 0.717) is 18.2 Å². The van der Waals surface area contributed by atoms with Gasteiger partial charge in [-0.2, -0.15) is 5.10 Å². The normalized spacial score (nSPS) is 14.6. The van der Waals surface area contributed by atoms with E-state index in [-0.39, 0.29) is 11.4 Å². The quantitative estimate of drug-likeness (QED) is 0.819. The molecule has 0 saturated heterocycles. The largest absolute Gasteiger partial charge is 0.351 e. The average molecular weight is 325 g/mol. The summed E-state index contributed by atoms with van der Waals surface area (Å²) in [6.07, 6.45) is 4.33. The number of aromatic nitrogens is 2. The summed E-state index contributed by atoms with van der Waals surface area (Å²) >= 11 is 0. The predicted octanol–water partition coefficient (Wildman–Crippen LogP) is 3.88. The first-order valence-corrected chi connectivity index (χ1v) is 8.88. The van der Waals surface area contributed by atoms with Gasteiger partial charge in [-0.1, -0.05) is 30.3 Å². The number of nitrogens with one attached hydrogen (secondary N) is 1. The van der Waals surface area contributed by atoms with Crippen LogP contribution in [0.15, 0.2) is 36.4 Å². The summed E-state index contributed by atoms with van der Waals surface area (Å²) in [5, 5.41) is 7.59. The van der Waals surface area contributed by atoms with Gasteiger partial charge in [0.15, 0.2) is 0 Å². The van der Waals surface area contributed by atoms with Gasteiger partial charge in [-0.3, -0.25) is 9.48 Å². The minimum absolute atomic E-state index is 0.0621. The lowest BCUT2D eigenvalue weighted by Gasteiger charge is -2.22. The summed E-state index contributed by atoms with van der Waals surface area (Å²) in [5.74, 6) is 0.518. The number of aryl methyl sites for hydroxylation is 1. The molecule has 0 atom stereocenters. The fraction of sp³-hybridized carbons (Fsp3) is 0.500. The molecule has 128 valence electrons. The molecule has 2 aromatic rings. The maximum Gasteiger partial charge on any atom is 0.271 e. The smallest absolute Gasteiger partial charge is 0.271 e. The fourth-order valence-electron chi connectivity index (χ4n) is 2.94. The molecule has 0 bridgehead atoms. The van der Waals surface area contributed by atoms with E-state index in [1.165, 1.54) is 24.1 Å². The van der Waals surface area contributed by atoms with Gasteiger partial charge in [-0.05, 0) is 58.1 Å². The second kappa shape index (κ2) is 6.80. The number of nitrogens with zero attached hydrogens (tertiary/aromatic N) is 2. The first-order chi connectivity index (χ1) is 11.4. The van der Waals surface area contributed by atoms with Crippen LogP contribution in [0.4, 0.5) is 0 Å². The topological polar surface area (TPSA) is 46.9 Å². The van der Waals surface area contributed by atoms with Gasteiger partial charge in [-0.15, -0.1) is 0 Å². The van der Waals surface area contributed by atoms with Gasteiger partial charge in [0.05, 0.1) is 5.54 Å². The maximum atomic E-state index is 12.4. The van der Waals surface area contributed by atoms with Gasteiger partial charge < -0.3 is 5.32 Å². The average Bonchev–Trinajstić information content (AvgIpc) is 3.29. The van der Waals surface area contributed by atoms with Crippen molar-refractivity contribution in [1.29, 1.82) is 0 Å². The molecule has 1 aliphatic carbocycles. The summed E-state index contributed by atoms with van der Waals surface area (Å²) in [5.41, 5.74) is 2.97. The van der Waals surface area contributed by atoms with Crippen LogP contribution >= 0.6 is 0 Å². The first kappa shape index (κ1) is 16.7. The Morgan fingerprint density at radius 1 is 1.25 bits per heavy atom. The number of hydrogen-bond acceptors (Lipinski definition) is 2. The van der Waals surface area contributed by atoms with Gasteiger partial charge in [0.2, 0.25) is 0 Å². The zero-order valence-corrected chi connectivity index (χ0v) is 14.9. The highest BCUT2D eigenvalue weighted by Crippen LogP contribution is 2.41. The number of hydrogen-bond donors (Lipinski definition) is 1. The zero-order chi connectivity index (χ0) is 17.2. The molecule has 1 heterocycles. The molecule has 4 nitrogen and oxygen atoms in total. The Hall–Kier alpha value is -2.10. The lowest BCUT2D eigenvalue weighted by Crippen LogP contribution is -2.28. The van der Waals surface area contributed by atoms with Crippen LogP contribution in [0.3, 0.4) is 0 Å². The Bertz CT molecular complexity index is 693. The third kappa shape index (κ3) is 4.05. The number of amides is 1. The Kier molecular flexibility index (Phi) is 4.74. The minimum Gasteiger partial charge on any atom is -0.351 e. The molecule has 1 N–H and O–H groups in total. The standard InChI is InChI=1S/C20H27N3O/c1-20(2,3)23-18(16-11-12-16)14-17(22-23)19(24)21-13-7-10-15-8-5-4-6-9-15/h4-6,8-9,14,16H,7,10-13H2,1-3H3,(H,21,24). The van der Waals surface area contributed by atoms with Crippen LogP contribution in [0.1, 0.15) is 67.7 Å². The molecule has 1 fully saturated rings. The third-order valence-electron chi connectivity index (χ3n) is 4.37. The Morgan fingerprint density at radius 3 is 2.58 bits per heavy atom. The van der Waals surface area contributed by atoms with Crippen molar-refractivity contribution in [3.05, 3.63) is 53.3 Å². The van der Waals surface area contributed by atoms with E-state index in [9.17, 15) is 4.79 Å². The summed E-state index contributed by atoms with van der Waals surface area (Å²) in [7, 11) is 0. The second-order valence-electron chi connectivity index (χ2n) is 7.66. The Balaban J connectivity index is 1.57. The summed E-state index contributed by atoms with van der Waals surface area (Å²) < 4.78 is 2.03. The van der Waals surface area contributed by atoms with Gasteiger partial charge in [0.1, 0.15) is 5.69 Å². The van der Waals surface area contributed by atoms with Crippen LogP contribution in [-0.4, -0.2) is 22.2 Å². The number of carbonyl (C=O) groups excluding carboxylic acids is 1. The van der Waals surface area contributed by atoms with Gasteiger partial charge in [0, 0.05) is 18.2 Å². The molecular formula is C20H27N3O. The van der Waals surface area contributed by atoms with Crippen molar-refractivity contribution < 1.29 is 4.79 Å². The Morgan fingerprint density at radius 2 is 1.96 bits per heavy atom. The van der Waals surface area contributed by atoms with Gasteiger partial charge in [0.25, 0.3) is 5.91 Å². The fourth-order valence-corrected chi connectivity index (χ4v) is 2.94. The molecule has 3 rings (SSSR count). The molecule has 1 aromatic heterocycles. The third-order valence-corrected chi connectivity index (χ3v) is 4.37. The van der Waals surface area contributed by atoms with Crippen molar-refractivity contribution in [2.45, 2.75) is 57.9 Å². The molecule has 1 aromatic carbocycles. The molecule has 24 heavy (non-hydrogen) atoms. The SMILES string of the molecule is CC(C)(C)n1nc(C(=O)NCCCc2ccccc2)cc1C1CC1. The van der Waals surface area contributed by atoms with E-state index >= 15 is 0 Å². The molecule has 1 amide bonds. The molecule has 1 aliphatic rings. The lowest BCUT2D eigenvalue weighted by atomic mass is 10.1. The van der Waals surface area contributed by atoms with E-state index in [1.54, 1.807) is 0 Å². The van der Waals surface area contributed by atoms with Crippen LogP contribution in [-0.2, 0) is 12.0 Å². The van der Waals surface area contributed by atoms with Gasteiger partial charge >= 0.3 is 0 Å². The molecule has 1 saturated carbocycles. The van der Waals surface area contributed by atoms with E-state index in [2.05, 4.69) is 43.3 Å². The highest BCUT2D eigenvalue weighted by molar-refractivity contribution is 5.92. The summed E-state index contributed by atoms with van der Waals surface area (Å²) in [6, 6.07) is 12.3. The molecular weight excluding hydrogens is 298 g/mol. The van der Waals surface area contributed by atoms with Crippen LogP contribution < -0.4 is 5.32 Å². The van der Waals surface area contributed by atoms with E-state index in [1.807, 2.05) is 28.9 Å². The van der Waals surface area contributed by atoms with Crippen LogP contribution in [0.5, 0.6) is 0 Å². The van der Waals surface area contributed by atoms with Crippen molar-refractivity contribution in [2.75, 3.05) is 6.54 Å². The van der Waals surface area contributed by atoms with Crippen LogP contribution in [0.2, 0.25) is 0 Å². The molecule has 0 spiro atoms. The summed E-state index contributed by atoms with van der Waals surface area (Å²) in [4.78, 5) is 12.4. The highest BCUT2D eigenvalue weighted by Gasteiger charge is 2.32. The van der Waals surface area contributed by atoms with E-state index < -0.39 is 0 Å². The van der Waals surface area contributed by atoms with E-state index in [0.717, 1.165) is 12.8 Å². The van der Waals surface area contributed by atoms with Crippen LogP contribution in [0.25, 0.3) is 0 Å². The van der Waals surface area contributed by atoms with Crippen LogP contribution in [0, 0.1) is 0 Å². The van der Waals surface area contributed by atoms with Crippen molar-refractivity contribution in [1.82, 2.24) is 15.1 Å². The molecule has 4 heteroatoms. The minimum atomic E-state index is -0.0935. The first-order valence-electron chi connectivity index (χ1n) is 8.88. The maximum absolute atomic E-state index is 12.4. The Labute approximate surface area is 144 Å². The second-order valence-corrected chi connectivity index (χ2v) is 7.66. The predicted molar refractivity (Wildman–Crippen MR) is 96.3 cm³/mol. The zero-order valence-electron chi connectivity index (χ0n) is 14.9. The van der Waals surface area contributed by atoms with E-state index in [4.69, 9.17) is 0 Å². The highest BCUT2D eigenvalue weighted by atomic mass is 16.1. The van der Waals surface area contributed by atoms with Gasteiger partial charge in [-0.25, -0.2) is 0 Å². The molecule has 0 unspecified atom stereocenters. The van der Waals surface area contributed by atoms with Crippen molar-refractivity contribution >= 4 is 5.91 Å². The summed E-state index contributed by atoms with van der Waals surface area (Å²) in [6.45, 7) is 7.07. The number of rotatable bonds is 6. The van der Waals surface area contributed by atoms with Crippen molar-refractivity contribution in [2.24, 2.45) is 0 Å². The van der Waals surface area contributed by atoms with Crippen molar-refractivity contribution in [3.8, 4) is 0 Å². The lowest BCUT2D eigenvalue weighted by molar-refractivity contribution is 0.0946. The number of carbonyl (C=O) groups is 1. The molecule has 0 radical (unpaired) electrons. The molecule has 0 aliphatic heterocycles. The number of benzene rings is 1.